The molecule has 0 saturated carbocycles. The zero-order valence-corrected chi connectivity index (χ0v) is 63.2. The van der Waals surface area contributed by atoms with Crippen LogP contribution in [0.1, 0.15) is 0 Å². The second-order valence-electron chi connectivity index (χ2n) is 12.5. The standard InChI is InChI=1S/CH2N140/c2-1-4-6-8-10-12-14-16-18-20-22-24-26-28-30-32-34-36-38-40-42-44-46-48-50-52-54-56-58-60-62-64-66-68-70-72-74-76-78-80-82-84-86-88-90-92-94-96-98-100-102-104-106-108-110-112-114-116-118-120-122-124-126-128-130-132-134-136-138-140-141-139-137-135-133-131-129-127-125-123-121-119-117-115-113-111-109-107-105-103-101-99-97-95-93-91-89-87-85-83-81-79-77-75-73-71-69-67-65-63-61-59-57-55-53-51-49-47-45-43-41-39-37-35-33-31-29-27-25-23-21-19-17-15-13-11-9-7-5-3/h(H2,3,4,7,8,11,12,15,16,19,20,23,24,27,28,31,32,35,36,39,40,43,44,47,48,51,52,55,56,59,60,63,64,67,68,71,72,75,76,79,80,83,84,87,88,91,92,95,96,99,100,103,104,107,108,111,112,115,116,119,120,123,124,127,128,131,132,135,136,139,140). The van der Waals surface area contributed by atoms with Gasteiger partial charge in [0.15, 0.2) is 0 Å². The molecule has 0 unspecified atom stereocenters. The Morgan fingerprint density at radius 2 is 0.113 bits per heavy atom. The molecule has 2 N–H and O–H groups in total. The molecule has 0 spiro atoms. The molecule has 0 heterocycles. The summed E-state index contributed by atoms with van der Waals surface area (Å²) >= 11 is 0. The molecule has 0 aliphatic rings. The van der Waals surface area contributed by atoms with E-state index in [1.165, 1.54) is 6.19 Å². The van der Waals surface area contributed by atoms with E-state index < -0.39 is 0 Å². The number of nitriles is 1. The van der Waals surface area contributed by atoms with Crippen molar-refractivity contribution in [3.8, 4) is 6.19 Å². The Hall–Kier alpha value is -28.3. The largest absolute Gasteiger partial charge is 0.303 e. The van der Waals surface area contributed by atoms with Gasteiger partial charge in [-0.2, -0.15) is 5.26 Å². The molecule has 0 aromatic carbocycles. The van der Waals surface area contributed by atoms with E-state index >= 15 is 0 Å². The van der Waals surface area contributed by atoms with Crippen molar-refractivity contribution < 1.29 is 0 Å². The van der Waals surface area contributed by atoms with Gasteiger partial charge in [0, 0.05) is 632 Å². The third kappa shape index (κ3) is 112. The van der Waals surface area contributed by atoms with Crippen LogP contribution in [0.3, 0.4) is 0 Å². The summed E-state index contributed by atoms with van der Waals surface area (Å²) in [5, 5.41) is 421. The number of nitrogens with two attached hydrogens (primary N) is 1. The molecule has 0 aliphatic heterocycles. The molecule has 0 fully saturated rings. The SMILES string of the molecule is N#CN=N/N=N/N=N/N=N/N=N/N=N/N=N/N=N/N=N/N=N/N=N/N=N/N=N/N=N/N=N/N=N/N=N/N=N/N=N/N=N/N=N/N=N/N=N/N=N/N=N/N=N/N=N/N=N/N=N/N=N/N=N/N=N/N=N/N=N/N=N/N=N/N=N/N=N/N=N/N=N/N=N/N=N/N=N/N=N/N=N/N=N/N=N/N=N/N=N/N=N/N=N/N=N/N=N/N=N/N=N/N=N/N=N/N=N/N=N/N=N/N=N/N=N/N=N/N=N/N=N/N=N/N=N/N=N/N=N/N. The minimum atomic E-state index is 1.31. The van der Waals surface area contributed by atoms with Crippen molar-refractivity contribution >= 4 is 0 Å². The molecule has 0 aromatic rings. The van der Waals surface area contributed by atoms with Gasteiger partial charge in [-0.05, 0) is 83.5 Å². The molecule has 140 nitrogen and oxygen atoms in total. The van der Waals surface area contributed by atoms with E-state index in [0.717, 1.165) is 0 Å². The second kappa shape index (κ2) is 112. The Labute approximate surface area is 737 Å². The third-order valence-electron chi connectivity index (χ3n) is 5.54. The van der Waals surface area contributed by atoms with Gasteiger partial charge < -0.3 is 5.84 Å². The smallest absolute Gasteiger partial charge is 0.227 e. The Morgan fingerprint density at radius 3 is 0.156 bits per heavy atom. The van der Waals surface area contributed by atoms with Gasteiger partial charge in [0.25, 0.3) is 0 Å². The Kier molecular flexibility index (Phi) is 89.3. The summed E-state index contributed by atoms with van der Waals surface area (Å²) in [6.45, 7) is 0. The molecule has 0 saturated heterocycles. The summed E-state index contributed by atoms with van der Waals surface area (Å²) in [6, 6.07) is 0. The lowest BCUT2D eigenvalue weighted by Gasteiger charge is -1.71. The quantitative estimate of drug-likeness (QED) is 0.0269. The monoisotopic (exact) mass is 1970 g/mol. The van der Waals surface area contributed by atoms with Crippen LogP contribution in [-0.4, -0.2) is 0 Å². The van der Waals surface area contributed by atoms with Gasteiger partial charge in [-0.25, -0.2) is 0 Å². The average Bonchev–Trinajstić information content (AvgIpc) is 1.11. The molecule has 140 heteroatoms. The Bertz CT molecular complexity index is 5160. The van der Waals surface area contributed by atoms with Crippen LogP contribution in [0.2, 0.25) is 0 Å². The Morgan fingerprint density at radius 1 is 0.0709 bits per heavy atom. The number of hydrogen-bond acceptors (Lipinski definition) is 3. The summed E-state index contributed by atoms with van der Waals surface area (Å²) in [7, 11) is 0. The van der Waals surface area contributed by atoms with E-state index in [4.69, 9.17) is 5.26 Å². The zero-order valence-electron chi connectivity index (χ0n) is 63.2. The normalized spacial score (nSPS) is 15.7. The first kappa shape index (κ1) is 113. The summed E-state index contributed by atoms with van der Waals surface area (Å²) in [4.78, 5) is 0. The molecular formula is CH2N140. The highest BCUT2D eigenvalue weighted by atomic mass is 15.8. The van der Waals surface area contributed by atoms with Crippen LogP contribution >= 0.6 is 0 Å². The van der Waals surface area contributed by atoms with Gasteiger partial charge in [-0.1, -0.05) is 5.22 Å². The highest BCUT2D eigenvalue weighted by Crippen LogP contribution is 2.02. The fraction of sp³-hybridized carbons (Fsp3) is 0. The lowest BCUT2D eigenvalue weighted by Crippen LogP contribution is -1.70. The molecule has 0 rings (SSSR count). The van der Waals surface area contributed by atoms with Crippen molar-refractivity contribution in [3.05, 3.63) is 0 Å². The van der Waals surface area contributed by atoms with Crippen LogP contribution in [-0.2, 0) is 0 Å². The van der Waals surface area contributed by atoms with Crippen LogP contribution < -0.4 is 5.84 Å². The number of nitrogens with zero attached hydrogens (tertiary/aromatic N) is 139. The number of rotatable bonds is 68. The van der Waals surface area contributed by atoms with Gasteiger partial charge in [-0.15, -0.1) is 0 Å². The van der Waals surface area contributed by atoms with Crippen LogP contribution in [0, 0.1) is 11.5 Å². The van der Waals surface area contributed by atoms with Gasteiger partial charge in [0.05, 0.1) is 0 Å². The van der Waals surface area contributed by atoms with Crippen LogP contribution in [0.25, 0.3) is 0 Å². The van der Waals surface area contributed by atoms with Crippen molar-refractivity contribution in [1.29, 1.82) is 5.26 Å². The second-order valence-corrected chi connectivity index (χ2v) is 12.5. The first-order chi connectivity index (χ1) is 70.4. The van der Waals surface area contributed by atoms with E-state index in [1.54, 1.807) is 0 Å². The highest BCUT2D eigenvalue weighted by molar-refractivity contribution is 4.56. The number of hydrogen-bond donors (Lipinski definition) is 1. The third-order valence-corrected chi connectivity index (χ3v) is 5.54. The van der Waals surface area contributed by atoms with Crippen molar-refractivity contribution in [2.45, 2.75) is 0 Å². The maximum Gasteiger partial charge on any atom is 0.227 e. The van der Waals surface area contributed by atoms with Gasteiger partial charge >= 0.3 is 0 Å². The zero-order chi connectivity index (χ0) is 100. The summed E-state index contributed by atoms with van der Waals surface area (Å²) in [6.07, 6.45) is 1.31. The van der Waals surface area contributed by atoms with E-state index in [0.29, 0.717) is 0 Å². The predicted molar refractivity (Wildman–Crippen MR) is 345 cm³/mol. The van der Waals surface area contributed by atoms with Crippen molar-refractivity contribution in [2.75, 3.05) is 0 Å². The fourth-order valence-corrected chi connectivity index (χ4v) is 2.46. The molecule has 0 aliphatic carbocycles. The maximum atomic E-state index is 8.04. The highest BCUT2D eigenvalue weighted by Gasteiger charge is 1.84. The minimum Gasteiger partial charge on any atom is -0.303 e. The minimum absolute atomic E-state index is 1.31. The molecule has 0 radical (unpaired) electrons. The predicted octanol–water partition coefficient (Wildman–Crippen LogP) is 24.8. The fourth-order valence-electron chi connectivity index (χ4n) is 2.46. The van der Waals surface area contributed by atoms with Crippen molar-refractivity contribution in [2.24, 2.45) is 727 Å². The lowest BCUT2D eigenvalue weighted by atomic mass is 11.5. The topological polar surface area (TPSA) is 1760 Å². The van der Waals surface area contributed by atoms with Gasteiger partial charge in [0.2, 0.25) is 6.19 Å². The molecular weight excluding hydrogens is 1970 g/mol. The van der Waals surface area contributed by atoms with Crippen LogP contribution in [0.15, 0.2) is 721 Å². The van der Waals surface area contributed by atoms with E-state index in [-0.39, 0.29) is 0 Å². The van der Waals surface area contributed by atoms with E-state index in [2.05, 4.69) is 727 Å². The molecule has 0 amide bonds. The first-order valence-electron chi connectivity index (χ1n) is 28.1. The average molecular weight is 1980 g/mol. The molecule has 0 bridgehead atoms. The molecule has 0 atom stereocenters. The molecule has 0 aromatic heterocycles. The molecule has 141 heavy (non-hydrogen) atoms. The van der Waals surface area contributed by atoms with Crippen LogP contribution in [0.5, 0.6) is 0 Å². The Balaban J connectivity index is 4.14. The maximum absolute atomic E-state index is 8.04. The summed E-state index contributed by atoms with van der Waals surface area (Å²) < 4.78 is 0. The van der Waals surface area contributed by atoms with Crippen molar-refractivity contribution in [1.82, 2.24) is 0 Å². The van der Waals surface area contributed by atoms with E-state index in [1.807, 2.05) is 0 Å². The van der Waals surface area contributed by atoms with E-state index in [9.17, 15) is 0 Å². The van der Waals surface area contributed by atoms with Gasteiger partial charge in [0.1, 0.15) is 0 Å². The lowest BCUT2D eigenvalue weighted by molar-refractivity contribution is 0.722. The summed E-state index contributed by atoms with van der Waals surface area (Å²) in [5.74, 6) is 4.64. The summed E-state index contributed by atoms with van der Waals surface area (Å²) in [5.41, 5.74) is 0. The van der Waals surface area contributed by atoms with Crippen molar-refractivity contribution in [3.63, 3.8) is 0 Å². The first-order valence-corrected chi connectivity index (χ1v) is 28.1. The van der Waals surface area contributed by atoms with Gasteiger partial charge in [-0.3, -0.25) is 0 Å². The molecule has 706 valence electrons. The van der Waals surface area contributed by atoms with Crippen LogP contribution in [0.4, 0.5) is 0 Å².